The first kappa shape index (κ1) is 13.8. The van der Waals surface area contributed by atoms with Gasteiger partial charge in [0.15, 0.2) is 0 Å². The lowest BCUT2D eigenvalue weighted by Crippen LogP contribution is -2.51. The summed E-state index contributed by atoms with van der Waals surface area (Å²) in [7, 11) is 3.76. The van der Waals surface area contributed by atoms with Crippen molar-refractivity contribution in [2.24, 2.45) is 0 Å². The van der Waals surface area contributed by atoms with Crippen LogP contribution < -0.4 is 5.32 Å². The highest BCUT2D eigenvalue weighted by molar-refractivity contribution is 5.78. The summed E-state index contributed by atoms with van der Waals surface area (Å²) in [5, 5.41) is 3.15. The summed E-state index contributed by atoms with van der Waals surface area (Å²) in [4.78, 5) is 20.3. The predicted octanol–water partition coefficient (Wildman–Crippen LogP) is 1.49. The quantitative estimate of drug-likeness (QED) is 0.894. The number of hydrogen-bond donors (Lipinski definition) is 1. The van der Waals surface area contributed by atoms with Crippen LogP contribution in [-0.2, 0) is 0 Å². The molecule has 1 aliphatic rings. The first-order chi connectivity index (χ1) is 8.97. The van der Waals surface area contributed by atoms with Gasteiger partial charge < -0.3 is 15.1 Å². The third-order valence-corrected chi connectivity index (χ3v) is 3.76. The molecule has 0 saturated carbocycles. The molecule has 5 heteroatoms. The molecule has 1 fully saturated rings. The highest BCUT2D eigenvalue weighted by atomic mass is 16.2. The molecule has 1 aliphatic heterocycles. The van der Waals surface area contributed by atoms with E-state index in [0.717, 1.165) is 12.1 Å². The maximum Gasteiger partial charge on any atom is 0.320 e. The van der Waals surface area contributed by atoms with Crippen LogP contribution in [0.5, 0.6) is 0 Å². The molecule has 0 aliphatic carbocycles. The molecule has 2 heterocycles. The fraction of sp³-hybridized carbons (Fsp3) is 0.571. The highest BCUT2D eigenvalue weighted by Gasteiger charge is 2.42. The van der Waals surface area contributed by atoms with Crippen LogP contribution in [-0.4, -0.2) is 53.5 Å². The third-order valence-electron chi connectivity index (χ3n) is 3.76. The standard InChI is InChI=1S/C14H22N4O/c1-14(2,10-15-3)18-9-12(17(4)13(18)19)11-6-5-7-16-8-11/h5-8,12,15H,9-10H2,1-4H3. The van der Waals surface area contributed by atoms with Crippen LogP contribution in [0.3, 0.4) is 0 Å². The Hall–Kier alpha value is -1.62. The maximum atomic E-state index is 12.4. The molecule has 1 atom stereocenters. The number of rotatable bonds is 4. The Labute approximate surface area is 114 Å². The molecule has 0 aromatic carbocycles. The van der Waals surface area contributed by atoms with Gasteiger partial charge in [0.1, 0.15) is 0 Å². The van der Waals surface area contributed by atoms with Crippen LogP contribution in [0.4, 0.5) is 4.79 Å². The first-order valence-corrected chi connectivity index (χ1v) is 6.56. The van der Waals surface area contributed by atoms with E-state index in [2.05, 4.69) is 24.1 Å². The fourth-order valence-corrected chi connectivity index (χ4v) is 2.63. The van der Waals surface area contributed by atoms with Gasteiger partial charge >= 0.3 is 6.03 Å². The molecule has 0 bridgehead atoms. The van der Waals surface area contributed by atoms with E-state index in [1.807, 2.05) is 37.3 Å². The monoisotopic (exact) mass is 262 g/mol. The van der Waals surface area contributed by atoms with Gasteiger partial charge in [0.05, 0.1) is 11.6 Å². The largest absolute Gasteiger partial charge is 0.320 e. The molecule has 1 aromatic rings. The van der Waals surface area contributed by atoms with Crippen LogP contribution in [0, 0.1) is 0 Å². The molecule has 19 heavy (non-hydrogen) atoms. The molecule has 1 aromatic heterocycles. The zero-order valence-electron chi connectivity index (χ0n) is 12.1. The number of carbonyl (C=O) groups is 1. The van der Waals surface area contributed by atoms with Crippen LogP contribution in [0.25, 0.3) is 0 Å². The molecule has 0 radical (unpaired) electrons. The van der Waals surface area contributed by atoms with E-state index in [1.165, 1.54) is 0 Å². The van der Waals surface area contributed by atoms with Crippen molar-refractivity contribution in [1.29, 1.82) is 0 Å². The highest BCUT2D eigenvalue weighted by Crippen LogP contribution is 2.31. The van der Waals surface area contributed by atoms with Crippen LogP contribution in [0.2, 0.25) is 0 Å². The predicted molar refractivity (Wildman–Crippen MR) is 74.8 cm³/mol. The summed E-state index contributed by atoms with van der Waals surface area (Å²) in [6.07, 6.45) is 3.59. The molecular formula is C14H22N4O. The Morgan fingerprint density at radius 3 is 2.84 bits per heavy atom. The van der Waals surface area contributed by atoms with Crippen molar-refractivity contribution in [1.82, 2.24) is 20.1 Å². The molecule has 0 spiro atoms. The fourth-order valence-electron chi connectivity index (χ4n) is 2.63. The summed E-state index contributed by atoms with van der Waals surface area (Å²) >= 11 is 0. The molecule has 2 rings (SSSR count). The average Bonchev–Trinajstić information content (AvgIpc) is 2.68. The number of hydrogen-bond acceptors (Lipinski definition) is 3. The van der Waals surface area contributed by atoms with Gasteiger partial charge in [-0.15, -0.1) is 0 Å². The minimum Gasteiger partial charge on any atom is -0.319 e. The number of pyridine rings is 1. The van der Waals surface area contributed by atoms with Crippen LogP contribution in [0.15, 0.2) is 24.5 Å². The minimum absolute atomic E-state index is 0.0779. The van der Waals surface area contributed by atoms with E-state index in [-0.39, 0.29) is 17.6 Å². The average molecular weight is 262 g/mol. The maximum absolute atomic E-state index is 12.4. The summed E-state index contributed by atoms with van der Waals surface area (Å²) in [5.41, 5.74) is 0.887. The van der Waals surface area contributed by atoms with Gasteiger partial charge in [0.2, 0.25) is 0 Å². The van der Waals surface area contributed by atoms with Crippen molar-refractivity contribution in [2.75, 3.05) is 27.2 Å². The van der Waals surface area contributed by atoms with E-state index in [9.17, 15) is 4.79 Å². The van der Waals surface area contributed by atoms with Gasteiger partial charge in [-0.2, -0.15) is 0 Å². The molecular weight excluding hydrogens is 240 g/mol. The summed E-state index contributed by atoms with van der Waals surface area (Å²) in [5.74, 6) is 0. The second-order valence-electron chi connectivity index (χ2n) is 5.65. The Balaban J connectivity index is 2.22. The number of likely N-dealkylation sites (N-methyl/N-ethyl adjacent to an activating group) is 2. The van der Waals surface area contributed by atoms with E-state index in [4.69, 9.17) is 0 Å². The van der Waals surface area contributed by atoms with E-state index in [0.29, 0.717) is 6.54 Å². The normalized spacial score (nSPS) is 20.2. The molecule has 104 valence electrons. The lowest BCUT2D eigenvalue weighted by atomic mass is 10.0. The topological polar surface area (TPSA) is 48.5 Å². The second kappa shape index (κ2) is 5.17. The number of carbonyl (C=O) groups excluding carboxylic acids is 1. The van der Waals surface area contributed by atoms with Crippen molar-refractivity contribution in [3.8, 4) is 0 Å². The zero-order valence-corrected chi connectivity index (χ0v) is 12.1. The lowest BCUT2D eigenvalue weighted by Gasteiger charge is -2.34. The third kappa shape index (κ3) is 2.56. The van der Waals surface area contributed by atoms with Crippen LogP contribution >= 0.6 is 0 Å². The van der Waals surface area contributed by atoms with Crippen molar-refractivity contribution in [2.45, 2.75) is 25.4 Å². The van der Waals surface area contributed by atoms with Crippen molar-refractivity contribution in [3.05, 3.63) is 30.1 Å². The Bertz CT molecular complexity index is 446. The number of nitrogens with zero attached hydrogens (tertiary/aromatic N) is 3. The molecule has 1 unspecified atom stereocenters. The van der Waals surface area contributed by atoms with Crippen LogP contribution in [0.1, 0.15) is 25.5 Å². The van der Waals surface area contributed by atoms with Crippen molar-refractivity contribution < 1.29 is 4.79 Å². The summed E-state index contributed by atoms with van der Waals surface area (Å²) in [6, 6.07) is 4.09. The van der Waals surface area contributed by atoms with Crippen molar-refractivity contribution >= 4 is 6.03 Å². The van der Waals surface area contributed by atoms with Gasteiger partial charge in [-0.1, -0.05) is 6.07 Å². The van der Waals surface area contributed by atoms with E-state index in [1.54, 1.807) is 11.1 Å². The van der Waals surface area contributed by atoms with Crippen molar-refractivity contribution in [3.63, 3.8) is 0 Å². The minimum atomic E-state index is -0.197. The van der Waals surface area contributed by atoms with E-state index < -0.39 is 0 Å². The van der Waals surface area contributed by atoms with Gasteiger partial charge in [0, 0.05) is 32.5 Å². The summed E-state index contributed by atoms with van der Waals surface area (Å²) in [6.45, 7) is 5.64. The SMILES string of the molecule is CNCC(C)(C)N1CC(c2cccnc2)N(C)C1=O. The van der Waals surface area contributed by atoms with Gasteiger partial charge in [-0.3, -0.25) is 4.98 Å². The smallest absolute Gasteiger partial charge is 0.319 e. The zero-order chi connectivity index (χ0) is 14.0. The first-order valence-electron chi connectivity index (χ1n) is 6.56. The lowest BCUT2D eigenvalue weighted by molar-refractivity contribution is 0.149. The molecule has 2 amide bonds. The Morgan fingerprint density at radius 1 is 1.53 bits per heavy atom. The Morgan fingerprint density at radius 2 is 2.26 bits per heavy atom. The number of aromatic nitrogens is 1. The number of amides is 2. The molecule has 1 N–H and O–H groups in total. The van der Waals surface area contributed by atoms with Gasteiger partial charge in [-0.05, 0) is 32.5 Å². The number of nitrogens with one attached hydrogen (secondary N) is 1. The molecule has 5 nitrogen and oxygen atoms in total. The molecule has 1 saturated heterocycles. The second-order valence-corrected chi connectivity index (χ2v) is 5.65. The van der Waals surface area contributed by atoms with E-state index >= 15 is 0 Å². The van der Waals surface area contributed by atoms with Gasteiger partial charge in [-0.25, -0.2) is 4.79 Å². The Kier molecular flexibility index (Phi) is 3.75. The summed E-state index contributed by atoms with van der Waals surface area (Å²) < 4.78 is 0. The number of urea groups is 1. The van der Waals surface area contributed by atoms with Gasteiger partial charge in [0.25, 0.3) is 0 Å².